The Kier molecular flexibility index (Phi) is 10.9. The van der Waals surface area contributed by atoms with E-state index >= 15 is 0 Å². The van der Waals surface area contributed by atoms with Crippen LogP contribution in [0.15, 0.2) is 133 Å². The lowest BCUT2D eigenvalue weighted by Crippen LogP contribution is -2.11. The first kappa shape index (κ1) is 30.7. The molecule has 0 radical (unpaired) electrons. The summed E-state index contributed by atoms with van der Waals surface area (Å²) in [5.41, 5.74) is 7.66. The monoisotopic (exact) mass is 585 g/mol. The van der Waals surface area contributed by atoms with E-state index in [2.05, 4.69) is 77.7 Å². The van der Waals surface area contributed by atoms with E-state index in [0.29, 0.717) is 31.6 Å². The lowest BCUT2D eigenvalue weighted by molar-refractivity contribution is -0.134. The van der Waals surface area contributed by atoms with E-state index in [-0.39, 0.29) is 5.97 Å². The number of hydrogen-bond acceptors (Lipinski definition) is 5. The van der Waals surface area contributed by atoms with Crippen LogP contribution in [0.5, 0.6) is 5.75 Å². The van der Waals surface area contributed by atoms with Crippen LogP contribution in [0.1, 0.15) is 39.0 Å². The minimum atomic E-state index is -0.707. The predicted octanol–water partition coefficient (Wildman–Crippen LogP) is 9.70. The number of ether oxygens (including phenoxy) is 2. The van der Waals surface area contributed by atoms with Gasteiger partial charge in [-0.2, -0.15) is 0 Å². The van der Waals surface area contributed by atoms with Crippen LogP contribution in [-0.4, -0.2) is 24.0 Å². The van der Waals surface area contributed by atoms with E-state index in [1.165, 1.54) is 11.1 Å². The Hall–Kier alpha value is -4.71. The Labute approximate surface area is 260 Å². The molecule has 0 aliphatic heterocycles. The summed E-state index contributed by atoms with van der Waals surface area (Å²) in [7, 11) is 0. The van der Waals surface area contributed by atoms with Crippen molar-refractivity contribution in [1.29, 1.82) is 0 Å². The molecule has 5 nitrogen and oxygen atoms in total. The van der Waals surface area contributed by atoms with Gasteiger partial charge in [-0.1, -0.05) is 98.3 Å². The summed E-state index contributed by atoms with van der Waals surface area (Å²) in [5.74, 6) is 0.268. The molecule has 224 valence electrons. The lowest BCUT2D eigenvalue weighted by atomic mass is 10.0. The zero-order valence-electron chi connectivity index (χ0n) is 25.1. The van der Waals surface area contributed by atoms with Crippen LogP contribution in [0.25, 0.3) is 22.3 Å². The molecule has 0 aliphatic carbocycles. The summed E-state index contributed by atoms with van der Waals surface area (Å²) >= 11 is 0. The molecule has 1 N–H and O–H groups in total. The molecule has 5 rings (SSSR count). The van der Waals surface area contributed by atoms with Gasteiger partial charge in [-0.25, -0.2) is 0 Å². The molecule has 1 atom stereocenters. The maximum Gasteiger partial charge on any atom is 0.311 e. The topological polar surface area (TPSA) is 59.0 Å². The minimum Gasteiger partial charge on any atom is -0.427 e. The number of rotatable bonds is 14. The molecule has 0 aromatic heterocycles. The number of esters is 1. The van der Waals surface area contributed by atoms with E-state index < -0.39 is 6.29 Å². The molecule has 0 heterocycles. The van der Waals surface area contributed by atoms with Crippen LogP contribution in [0.3, 0.4) is 0 Å². The van der Waals surface area contributed by atoms with Gasteiger partial charge in [0.15, 0.2) is 6.29 Å². The molecular formula is C39H39NO4. The van der Waals surface area contributed by atoms with Gasteiger partial charge in [-0.3, -0.25) is 4.79 Å². The molecule has 0 amide bonds. The second-order valence-corrected chi connectivity index (χ2v) is 10.7. The van der Waals surface area contributed by atoms with Gasteiger partial charge in [0.1, 0.15) is 5.75 Å². The fraction of sp³-hybridized carbons (Fsp3) is 0.205. The Morgan fingerprint density at radius 3 is 1.55 bits per heavy atom. The normalized spacial score (nSPS) is 11.6. The first-order valence-electron chi connectivity index (χ1n) is 15.3. The van der Waals surface area contributed by atoms with Gasteiger partial charge >= 0.3 is 5.97 Å². The predicted molar refractivity (Wildman–Crippen MR) is 178 cm³/mol. The summed E-state index contributed by atoms with van der Waals surface area (Å²) in [6.07, 6.45) is 2.56. The quantitative estimate of drug-likeness (QED) is 0.0608. The molecule has 5 heteroatoms. The van der Waals surface area contributed by atoms with E-state index in [9.17, 15) is 9.90 Å². The molecule has 0 fully saturated rings. The van der Waals surface area contributed by atoms with Crippen LogP contribution < -0.4 is 9.64 Å². The molecule has 0 bridgehead atoms. The highest BCUT2D eigenvalue weighted by Crippen LogP contribution is 2.37. The van der Waals surface area contributed by atoms with Crippen molar-refractivity contribution in [2.24, 2.45) is 0 Å². The number of aliphatic hydroxyl groups is 1. The molecule has 1 unspecified atom stereocenters. The number of benzene rings is 5. The summed E-state index contributed by atoms with van der Waals surface area (Å²) in [6, 6.07) is 45.5. The van der Waals surface area contributed by atoms with Crippen molar-refractivity contribution in [3.63, 3.8) is 0 Å². The summed E-state index contributed by atoms with van der Waals surface area (Å²) in [5, 5.41) is 9.46. The fourth-order valence-corrected chi connectivity index (χ4v) is 5.05. The average molecular weight is 586 g/mol. The van der Waals surface area contributed by atoms with Crippen molar-refractivity contribution in [2.45, 2.75) is 45.3 Å². The van der Waals surface area contributed by atoms with Gasteiger partial charge in [0.2, 0.25) is 0 Å². The molecular weight excluding hydrogens is 546 g/mol. The van der Waals surface area contributed by atoms with E-state index in [1.807, 2.05) is 67.6 Å². The summed E-state index contributed by atoms with van der Waals surface area (Å²) in [6.45, 7) is 2.36. The maximum absolute atomic E-state index is 12.5. The van der Waals surface area contributed by atoms with Gasteiger partial charge < -0.3 is 19.5 Å². The van der Waals surface area contributed by atoms with Crippen LogP contribution in [0.4, 0.5) is 17.1 Å². The third-order valence-electron chi connectivity index (χ3n) is 7.48. The molecule has 5 aromatic rings. The largest absolute Gasteiger partial charge is 0.427 e. The van der Waals surface area contributed by atoms with Crippen LogP contribution >= 0.6 is 0 Å². The number of unbranched alkanes of at least 4 members (excludes halogenated alkanes) is 2. The fourth-order valence-electron chi connectivity index (χ4n) is 5.05. The van der Waals surface area contributed by atoms with Gasteiger partial charge in [0.05, 0.1) is 0 Å². The van der Waals surface area contributed by atoms with Gasteiger partial charge in [0, 0.05) is 30.1 Å². The van der Waals surface area contributed by atoms with Crippen LogP contribution in [-0.2, 0) is 9.53 Å². The highest BCUT2D eigenvalue weighted by Gasteiger charge is 2.14. The van der Waals surface area contributed by atoms with E-state index in [1.54, 1.807) is 0 Å². The second kappa shape index (κ2) is 15.7. The summed E-state index contributed by atoms with van der Waals surface area (Å²) in [4.78, 5) is 14.7. The Morgan fingerprint density at radius 2 is 1.07 bits per heavy atom. The number of carbonyl (C=O) groups excluding carboxylic acids is 1. The zero-order valence-corrected chi connectivity index (χ0v) is 25.1. The molecule has 0 saturated heterocycles. The van der Waals surface area contributed by atoms with Crippen molar-refractivity contribution in [3.05, 3.63) is 133 Å². The van der Waals surface area contributed by atoms with E-state index in [4.69, 9.17) is 9.47 Å². The van der Waals surface area contributed by atoms with Crippen molar-refractivity contribution < 1.29 is 19.4 Å². The smallest absolute Gasteiger partial charge is 0.311 e. The third-order valence-corrected chi connectivity index (χ3v) is 7.48. The van der Waals surface area contributed by atoms with Crippen molar-refractivity contribution in [2.75, 3.05) is 11.5 Å². The molecule has 0 spiro atoms. The Bertz CT molecular complexity index is 1490. The van der Waals surface area contributed by atoms with E-state index in [0.717, 1.165) is 41.0 Å². The first-order chi connectivity index (χ1) is 21.6. The Balaban J connectivity index is 1.30. The minimum absolute atomic E-state index is 0.253. The average Bonchev–Trinajstić information content (AvgIpc) is 3.08. The number of hydrogen-bond donors (Lipinski definition) is 1. The lowest BCUT2D eigenvalue weighted by Gasteiger charge is -2.26. The van der Waals surface area contributed by atoms with Crippen molar-refractivity contribution in [3.8, 4) is 28.0 Å². The van der Waals surface area contributed by atoms with Crippen molar-refractivity contribution >= 4 is 23.0 Å². The van der Waals surface area contributed by atoms with Crippen LogP contribution in [0.2, 0.25) is 0 Å². The summed E-state index contributed by atoms with van der Waals surface area (Å²) < 4.78 is 10.9. The van der Waals surface area contributed by atoms with Gasteiger partial charge in [0.25, 0.3) is 0 Å². The standard InChI is InChI=1S/C39H39NO4/c1-2-38(41)43-29-11-5-10-16-39(42)44-37-27-25-36(26-28-37)40(34-21-17-32(18-22-34)30-12-6-3-7-13-30)35-23-19-33(20-24-35)31-14-8-4-9-15-31/h3-4,6-9,12-15,17-28,38,41H,2,5,10-11,16,29H2,1H3. The highest BCUT2D eigenvalue weighted by atomic mass is 16.6. The van der Waals surface area contributed by atoms with Crippen LogP contribution in [0, 0.1) is 0 Å². The second-order valence-electron chi connectivity index (χ2n) is 10.7. The van der Waals surface area contributed by atoms with Crippen molar-refractivity contribution in [1.82, 2.24) is 0 Å². The molecule has 44 heavy (non-hydrogen) atoms. The molecule has 0 saturated carbocycles. The SMILES string of the molecule is CCC(O)OCCCCCC(=O)Oc1ccc(N(c2ccc(-c3ccccc3)cc2)c2ccc(-c3ccccc3)cc2)cc1. The number of nitrogens with zero attached hydrogens (tertiary/aromatic N) is 1. The molecule has 5 aromatic carbocycles. The van der Waals surface area contributed by atoms with Gasteiger partial charge in [-0.05, 0) is 90.0 Å². The number of carbonyl (C=O) groups is 1. The number of aliphatic hydroxyl groups excluding tert-OH is 1. The highest BCUT2D eigenvalue weighted by molar-refractivity contribution is 5.80. The first-order valence-corrected chi connectivity index (χ1v) is 15.3. The van der Waals surface area contributed by atoms with Gasteiger partial charge in [-0.15, -0.1) is 0 Å². The number of anilines is 3. The third kappa shape index (κ3) is 8.44. The Morgan fingerprint density at radius 1 is 0.614 bits per heavy atom. The molecule has 0 aliphatic rings. The maximum atomic E-state index is 12.5. The zero-order chi connectivity index (χ0) is 30.6.